The number of thioether (sulfide) groups is 1. The molecule has 0 aliphatic carbocycles. The van der Waals surface area contributed by atoms with Crippen LogP contribution in [0.1, 0.15) is 35.0 Å². The third kappa shape index (κ3) is 6.38. The first-order valence-electron chi connectivity index (χ1n) is 13.4. The van der Waals surface area contributed by atoms with Gasteiger partial charge in [-0.05, 0) is 42.7 Å². The molecular formula is C29H27ClN4O7S2. The number of esters is 1. The van der Waals surface area contributed by atoms with Crippen LogP contribution in [-0.4, -0.2) is 63.0 Å². The molecule has 43 heavy (non-hydrogen) atoms. The molecule has 2 atom stereocenters. The van der Waals surface area contributed by atoms with Gasteiger partial charge in [0.05, 0.1) is 22.0 Å². The van der Waals surface area contributed by atoms with E-state index in [1.807, 2.05) is 24.3 Å². The van der Waals surface area contributed by atoms with E-state index in [0.29, 0.717) is 46.2 Å². The number of anilines is 1. The summed E-state index contributed by atoms with van der Waals surface area (Å²) in [5.74, 6) is -0.747. The largest absolute Gasteiger partial charge is 0.456 e. The van der Waals surface area contributed by atoms with Gasteiger partial charge < -0.3 is 15.4 Å². The maximum Gasteiger partial charge on any atom is 0.355 e. The molecule has 1 unspecified atom stereocenters. The summed E-state index contributed by atoms with van der Waals surface area (Å²) in [5.41, 5.74) is 1.89. The number of benzene rings is 2. The summed E-state index contributed by atoms with van der Waals surface area (Å²) in [6.45, 7) is 1.47. The summed E-state index contributed by atoms with van der Waals surface area (Å²) in [7, 11) is 0. The number of nitrogens with zero attached hydrogens (tertiary/aromatic N) is 2. The zero-order valence-corrected chi connectivity index (χ0v) is 25.4. The second-order valence-electron chi connectivity index (χ2n) is 9.96. The van der Waals surface area contributed by atoms with Crippen LogP contribution >= 0.6 is 34.7 Å². The van der Waals surface area contributed by atoms with Gasteiger partial charge >= 0.3 is 5.97 Å². The third-order valence-corrected chi connectivity index (χ3v) is 9.90. The molecule has 5 rings (SSSR count). The predicted octanol–water partition coefficient (Wildman–Crippen LogP) is 4.84. The molecule has 2 aromatic carbocycles. The second kappa shape index (κ2) is 13.1. The average molecular weight is 643 g/mol. The molecule has 14 heteroatoms. The molecule has 1 fully saturated rings. The molecule has 0 saturated carbocycles. The molecule has 2 N–H and O–H groups in total. The number of nitro benzene ring substituents is 1. The summed E-state index contributed by atoms with van der Waals surface area (Å²) in [5, 5.41) is 17.1. The number of rotatable bonds is 12. The molecule has 2 amide bonds. The predicted molar refractivity (Wildman–Crippen MR) is 165 cm³/mol. The zero-order chi connectivity index (χ0) is 30.7. The van der Waals surface area contributed by atoms with Gasteiger partial charge in [-0.3, -0.25) is 29.4 Å². The first kappa shape index (κ1) is 30.5. The van der Waals surface area contributed by atoms with Crippen LogP contribution in [0.4, 0.5) is 11.4 Å². The molecule has 2 aliphatic rings. The van der Waals surface area contributed by atoms with Crippen LogP contribution < -0.4 is 10.6 Å². The minimum Gasteiger partial charge on any atom is -0.456 e. The van der Waals surface area contributed by atoms with Crippen molar-refractivity contribution in [3.8, 4) is 0 Å². The lowest BCUT2D eigenvalue weighted by Crippen LogP contribution is -2.70. The van der Waals surface area contributed by atoms with E-state index < -0.39 is 34.1 Å². The number of alkyl halides is 1. The number of hydrogen-bond donors (Lipinski definition) is 2. The molecule has 1 saturated heterocycles. The monoisotopic (exact) mass is 642 g/mol. The minimum atomic E-state index is -0.825. The fourth-order valence-electron chi connectivity index (χ4n) is 4.84. The number of ether oxygens (including phenoxy) is 1. The first-order valence-corrected chi connectivity index (χ1v) is 15.8. The highest BCUT2D eigenvalue weighted by molar-refractivity contribution is 8.00. The molecule has 0 spiro atoms. The number of nitro groups is 1. The number of non-ortho nitro benzene ring substituents is 1. The average Bonchev–Trinajstić information content (AvgIpc) is 3.39. The lowest BCUT2D eigenvalue weighted by molar-refractivity contribution is -0.384. The van der Waals surface area contributed by atoms with Crippen LogP contribution in [-0.2, 0) is 25.7 Å². The van der Waals surface area contributed by atoms with Gasteiger partial charge in [0.1, 0.15) is 23.7 Å². The van der Waals surface area contributed by atoms with Gasteiger partial charge in [-0.25, -0.2) is 4.79 Å². The molecule has 0 radical (unpaired) electrons. The maximum absolute atomic E-state index is 13.1. The Labute approximate surface area is 259 Å². The van der Waals surface area contributed by atoms with Gasteiger partial charge in [-0.1, -0.05) is 18.2 Å². The van der Waals surface area contributed by atoms with Crippen molar-refractivity contribution in [1.82, 2.24) is 10.2 Å². The van der Waals surface area contributed by atoms with Gasteiger partial charge in [0.25, 0.3) is 11.6 Å². The number of halogens is 1. The molecule has 3 heterocycles. The highest BCUT2D eigenvalue weighted by atomic mass is 35.5. The molecule has 1 aromatic heterocycles. The number of β-lactam (4-membered cyclic amide) rings is 1. The van der Waals surface area contributed by atoms with E-state index in [4.69, 9.17) is 16.3 Å². The summed E-state index contributed by atoms with van der Waals surface area (Å²) >= 11 is 8.57. The quantitative estimate of drug-likeness (QED) is 0.0707. The first-order chi connectivity index (χ1) is 20.7. The van der Waals surface area contributed by atoms with Crippen molar-refractivity contribution in [2.75, 3.05) is 23.5 Å². The van der Waals surface area contributed by atoms with E-state index in [1.54, 1.807) is 6.92 Å². The number of carbonyl (C=O) groups is 4. The summed E-state index contributed by atoms with van der Waals surface area (Å²) in [6.07, 6.45) is 0.850. The van der Waals surface area contributed by atoms with E-state index >= 15 is 0 Å². The zero-order valence-electron chi connectivity index (χ0n) is 23.0. The van der Waals surface area contributed by atoms with Gasteiger partial charge in [-0.15, -0.1) is 34.7 Å². The second-order valence-corrected chi connectivity index (χ2v) is 12.5. The molecule has 224 valence electrons. The summed E-state index contributed by atoms with van der Waals surface area (Å²) in [4.78, 5) is 64.1. The third-order valence-electron chi connectivity index (χ3n) is 7.00. The van der Waals surface area contributed by atoms with Crippen molar-refractivity contribution in [3.05, 3.63) is 80.4 Å². The van der Waals surface area contributed by atoms with Crippen LogP contribution in [0.15, 0.2) is 59.8 Å². The van der Waals surface area contributed by atoms with Crippen LogP contribution in [0.3, 0.4) is 0 Å². The van der Waals surface area contributed by atoms with E-state index in [0.717, 1.165) is 10.1 Å². The Kier molecular flexibility index (Phi) is 9.33. The highest BCUT2D eigenvalue weighted by Gasteiger charge is 2.54. The lowest BCUT2D eigenvalue weighted by Gasteiger charge is -2.49. The number of ketones is 1. The molecular weight excluding hydrogens is 616 g/mol. The van der Waals surface area contributed by atoms with Gasteiger partial charge in [0, 0.05) is 40.3 Å². The van der Waals surface area contributed by atoms with E-state index in [-0.39, 0.29) is 30.3 Å². The molecule has 3 aromatic rings. The van der Waals surface area contributed by atoms with Crippen molar-refractivity contribution in [1.29, 1.82) is 0 Å². The number of fused-ring (bicyclic) bond motifs is 2. The Morgan fingerprint density at radius 2 is 1.91 bits per heavy atom. The van der Waals surface area contributed by atoms with E-state index in [1.165, 1.54) is 52.3 Å². The molecule has 2 aliphatic heterocycles. The Morgan fingerprint density at radius 1 is 1.16 bits per heavy atom. The van der Waals surface area contributed by atoms with E-state index in [9.17, 15) is 29.3 Å². The maximum atomic E-state index is 13.1. The topological polar surface area (TPSA) is 148 Å². The van der Waals surface area contributed by atoms with Crippen LogP contribution in [0.2, 0.25) is 0 Å². The normalized spacial score (nSPS) is 17.7. The number of thiophene rings is 1. The van der Waals surface area contributed by atoms with Crippen LogP contribution in [0.25, 0.3) is 10.1 Å². The number of nitrogens with one attached hydrogen (secondary N) is 2. The van der Waals surface area contributed by atoms with Gasteiger partial charge in [0.2, 0.25) is 5.91 Å². The Bertz CT molecular complexity index is 1640. The van der Waals surface area contributed by atoms with Crippen molar-refractivity contribution in [2.24, 2.45) is 0 Å². The smallest absolute Gasteiger partial charge is 0.355 e. The van der Waals surface area contributed by atoms with Crippen molar-refractivity contribution in [2.45, 2.75) is 37.8 Å². The Hall–Kier alpha value is -3.94. The fourth-order valence-corrected chi connectivity index (χ4v) is 7.42. The van der Waals surface area contributed by atoms with Gasteiger partial charge in [0.15, 0.2) is 5.78 Å². The molecule has 11 nitrogen and oxygen atoms in total. The Morgan fingerprint density at radius 3 is 2.63 bits per heavy atom. The van der Waals surface area contributed by atoms with Gasteiger partial charge in [-0.2, -0.15) is 0 Å². The molecule has 0 bridgehead atoms. The standard InChI is InChI=1S/C29H27ClN4O7S2/c1-16-15-42-28-24(27(37)33(28)25(16)29(38)41-14-17-8-10-18(11-9-17)34(39)40)32-22(36)13-31-23-19-5-2-3-7-21(19)43-26(23)20(35)6-4-12-30/h2-3,5,7-11,24,28,31H,4,6,12-15H2,1H3,(H,32,36)/t24?,28-/m0/s1. The minimum absolute atomic E-state index is 0.0525. The summed E-state index contributed by atoms with van der Waals surface area (Å²) in [6, 6.07) is 12.4. The number of carbonyl (C=O) groups excluding carboxylic acids is 4. The SMILES string of the molecule is CC1=C(C(=O)OCc2ccc([N+](=O)[O-])cc2)N2C(=O)C(NC(=O)CNc3c(C(=O)CCCCl)sc4ccccc34)[C@@H]2SC1. The van der Waals surface area contributed by atoms with Crippen molar-refractivity contribution >= 4 is 79.7 Å². The van der Waals surface area contributed by atoms with Crippen molar-refractivity contribution in [3.63, 3.8) is 0 Å². The lowest BCUT2D eigenvalue weighted by atomic mass is 10.0. The number of hydrogen-bond acceptors (Lipinski definition) is 10. The van der Waals surface area contributed by atoms with Crippen LogP contribution in [0.5, 0.6) is 0 Å². The van der Waals surface area contributed by atoms with Crippen molar-refractivity contribution < 1.29 is 28.8 Å². The highest BCUT2D eigenvalue weighted by Crippen LogP contribution is 2.41. The number of Topliss-reactive ketones (excluding diaryl/α,β-unsaturated/α-hetero) is 1. The Balaban J connectivity index is 1.20. The van der Waals surface area contributed by atoms with Crippen LogP contribution in [0, 0.1) is 10.1 Å². The van der Waals surface area contributed by atoms with E-state index in [2.05, 4.69) is 10.6 Å². The number of amides is 2. The summed E-state index contributed by atoms with van der Waals surface area (Å²) < 4.78 is 6.34. The fraction of sp³-hybridized carbons (Fsp3) is 0.310.